The van der Waals surface area contributed by atoms with Crippen molar-refractivity contribution in [3.05, 3.63) is 35.4 Å². The van der Waals surface area contributed by atoms with Gasteiger partial charge in [0, 0.05) is 32.0 Å². The highest BCUT2D eigenvalue weighted by atomic mass is 16.4. The van der Waals surface area contributed by atoms with E-state index in [9.17, 15) is 9.59 Å². The van der Waals surface area contributed by atoms with Crippen molar-refractivity contribution in [1.82, 2.24) is 10.2 Å². The van der Waals surface area contributed by atoms with Crippen LogP contribution >= 0.6 is 0 Å². The molecule has 1 aliphatic heterocycles. The van der Waals surface area contributed by atoms with Crippen molar-refractivity contribution >= 4 is 12.0 Å². The van der Waals surface area contributed by atoms with Crippen LogP contribution in [0.4, 0.5) is 4.79 Å². The Morgan fingerprint density at radius 3 is 2.65 bits per heavy atom. The van der Waals surface area contributed by atoms with E-state index in [1.807, 2.05) is 24.3 Å². The van der Waals surface area contributed by atoms with Crippen LogP contribution in [0.5, 0.6) is 0 Å². The van der Waals surface area contributed by atoms with Crippen molar-refractivity contribution in [2.24, 2.45) is 5.92 Å². The van der Waals surface area contributed by atoms with E-state index >= 15 is 0 Å². The van der Waals surface area contributed by atoms with Gasteiger partial charge in [0.15, 0.2) is 0 Å². The summed E-state index contributed by atoms with van der Waals surface area (Å²) in [5.41, 5.74) is 1.90. The lowest BCUT2D eigenvalue weighted by Crippen LogP contribution is -2.44. The summed E-state index contributed by atoms with van der Waals surface area (Å²) in [6.07, 6.45) is 2.05. The van der Waals surface area contributed by atoms with E-state index in [0.29, 0.717) is 26.1 Å². The quantitative estimate of drug-likeness (QED) is 0.870. The summed E-state index contributed by atoms with van der Waals surface area (Å²) in [7, 11) is 0. The van der Waals surface area contributed by atoms with Crippen LogP contribution in [-0.2, 0) is 17.8 Å². The van der Waals surface area contributed by atoms with Gasteiger partial charge < -0.3 is 15.3 Å². The first-order chi connectivity index (χ1) is 11.1. The molecule has 0 aromatic heterocycles. The van der Waals surface area contributed by atoms with Gasteiger partial charge in [-0.25, -0.2) is 4.79 Å². The molecule has 1 fully saturated rings. The van der Waals surface area contributed by atoms with Gasteiger partial charge in [0.25, 0.3) is 0 Å². The molecular weight excluding hydrogens is 294 g/mol. The number of hydrogen-bond acceptors (Lipinski definition) is 3. The van der Waals surface area contributed by atoms with Gasteiger partial charge in [0.2, 0.25) is 0 Å². The van der Waals surface area contributed by atoms with Gasteiger partial charge in [-0.2, -0.15) is 5.26 Å². The maximum absolute atomic E-state index is 12.1. The molecule has 122 valence electrons. The van der Waals surface area contributed by atoms with Crippen molar-refractivity contribution in [3.8, 4) is 6.07 Å². The highest BCUT2D eigenvalue weighted by molar-refractivity contribution is 5.74. The fourth-order valence-electron chi connectivity index (χ4n) is 2.65. The predicted molar refractivity (Wildman–Crippen MR) is 84.5 cm³/mol. The number of nitriles is 1. The maximum atomic E-state index is 12.1. The second kappa shape index (κ2) is 8.18. The van der Waals surface area contributed by atoms with Crippen LogP contribution in [0.1, 0.15) is 30.4 Å². The lowest BCUT2D eigenvalue weighted by atomic mass is 9.99. The van der Waals surface area contributed by atoms with Crippen molar-refractivity contribution in [1.29, 1.82) is 5.26 Å². The Morgan fingerprint density at radius 2 is 2.00 bits per heavy atom. The minimum atomic E-state index is -0.815. The van der Waals surface area contributed by atoms with Gasteiger partial charge in [0.05, 0.1) is 6.07 Å². The fourth-order valence-corrected chi connectivity index (χ4v) is 2.65. The number of piperidine rings is 1. The Morgan fingerprint density at radius 1 is 1.30 bits per heavy atom. The van der Waals surface area contributed by atoms with E-state index in [2.05, 4.69) is 11.4 Å². The largest absolute Gasteiger partial charge is 0.481 e. The summed E-state index contributed by atoms with van der Waals surface area (Å²) < 4.78 is 0. The zero-order chi connectivity index (χ0) is 16.7. The Kier molecular flexibility index (Phi) is 5.98. The number of aliphatic carboxylic acids is 1. The standard InChI is InChI=1S/C17H21N3O3/c18-11-14-6-8-20(9-7-14)17(23)19-12-15-3-1-2-13(10-15)4-5-16(21)22/h1-3,10,14H,4-9,12H2,(H,19,23)(H,21,22). The molecule has 2 rings (SSSR count). The summed E-state index contributed by atoms with van der Waals surface area (Å²) in [5, 5.41) is 20.5. The minimum absolute atomic E-state index is 0.0602. The van der Waals surface area contributed by atoms with E-state index in [1.54, 1.807) is 4.90 Å². The summed E-state index contributed by atoms with van der Waals surface area (Å²) in [6.45, 7) is 1.64. The lowest BCUT2D eigenvalue weighted by Gasteiger charge is -2.29. The average Bonchev–Trinajstić information content (AvgIpc) is 2.58. The van der Waals surface area contributed by atoms with Crippen molar-refractivity contribution in [2.75, 3.05) is 13.1 Å². The highest BCUT2D eigenvalue weighted by Gasteiger charge is 2.22. The molecule has 0 unspecified atom stereocenters. The van der Waals surface area contributed by atoms with Crippen LogP contribution in [-0.4, -0.2) is 35.1 Å². The van der Waals surface area contributed by atoms with Gasteiger partial charge in [-0.1, -0.05) is 24.3 Å². The number of carboxylic acid groups (broad SMARTS) is 1. The summed E-state index contributed by atoms with van der Waals surface area (Å²) >= 11 is 0. The number of urea groups is 1. The monoisotopic (exact) mass is 315 g/mol. The molecule has 0 saturated carbocycles. The Hall–Kier alpha value is -2.55. The molecule has 1 aromatic carbocycles. The fraction of sp³-hybridized carbons (Fsp3) is 0.471. The number of amides is 2. The van der Waals surface area contributed by atoms with Gasteiger partial charge in [-0.15, -0.1) is 0 Å². The Labute approximate surface area is 135 Å². The number of likely N-dealkylation sites (tertiary alicyclic amines) is 1. The van der Waals surface area contributed by atoms with Gasteiger partial charge in [0.1, 0.15) is 0 Å². The third-order valence-corrected chi connectivity index (χ3v) is 4.03. The summed E-state index contributed by atoms with van der Waals surface area (Å²) in [6, 6.07) is 9.73. The van der Waals surface area contributed by atoms with Crippen LogP contribution in [0.15, 0.2) is 24.3 Å². The number of hydrogen-bond donors (Lipinski definition) is 2. The molecule has 1 heterocycles. The second-order valence-electron chi connectivity index (χ2n) is 5.76. The molecule has 2 N–H and O–H groups in total. The number of carbonyl (C=O) groups excluding carboxylic acids is 1. The zero-order valence-corrected chi connectivity index (χ0v) is 13.0. The molecule has 0 radical (unpaired) electrons. The normalized spacial score (nSPS) is 15.0. The summed E-state index contributed by atoms with van der Waals surface area (Å²) in [5.74, 6) is -0.755. The number of nitrogens with one attached hydrogen (secondary N) is 1. The molecule has 0 spiro atoms. The van der Waals surface area contributed by atoms with Crippen LogP contribution in [0.2, 0.25) is 0 Å². The first-order valence-electron chi connectivity index (χ1n) is 7.80. The third kappa shape index (κ3) is 5.29. The zero-order valence-electron chi connectivity index (χ0n) is 13.0. The number of nitrogens with zero attached hydrogens (tertiary/aromatic N) is 2. The number of benzene rings is 1. The first-order valence-corrected chi connectivity index (χ1v) is 7.80. The molecule has 0 bridgehead atoms. The molecule has 6 heteroatoms. The summed E-state index contributed by atoms with van der Waals surface area (Å²) in [4.78, 5) is 24.5. The van der Waals surface area contributed by atoms with E-state index in [4.69, 9.17) is 10.4 Å². The highest BCUT2D eigenvalue weighted by Crippen LogP contribution is 2.16. The molecule has 1 aromatic rings. The SMILES string of the molecule is N#CC1CCN(C(=O)NCc2cccc(CCC(=O)O)c2)CC1. The van der Waals surface area contributed by atoms with E-state index in [-0.39, 0.29) is 18.4 Å². The van der Waals surface area contributed by atoms with Crippen LogP contribution in [0.3, 0.4) is 0 Å². The van der Waals surface area contributed by atoms with E-state index in [1.165, 1.54) is 0 Å². The molecule has 0 aliphatic carbocycles. The average molecular weight is 315 g/mol. The van der Waals surface area contributed by atoms with Crippen molar-refractivity contribution < 1.29 is 14.7 Å². The van der Waals surface area contributed by atoms with Gasteiger partial charge >= 0.3 is 12.0 Å². The smallest absolute Gasteiger partial charge is 0.317 e. The van der Waals surface area contributed by atoms with E-state index < -0.39 is 5.97 Å². The molecule has 23 heavy (non-hydrogen) atoms. The predicted octanol–water partition coefficient (Wildman–Crippen LogP) is 2.15. The molecule has 1 aliphatic rings. The first kappa shape index (κ1) is 16.8. The molecular formula is C17H21N3O3. The third-order valence-electron chi connectivity index (χ3n) is 4.03. The number of aryl methyl sites for hydroxylation is 1. The van der Waals surface area contributed by atoms with Crippen LogP contribution < -0.4 is 5.32 Å². The van der Waals surface area contributed by atoms with E-state index in [0.717, 1.165) is 24.0 Å². The second-order valence-corrected chi connectivity index (χ2v) is 5.76. The van der Waals surface area contributed by atoms with Crippen LogP contribution in [0, 0.1) is 17.2 Å². The molecule has 1 saturated heterocycles. The van der Waals surface area contributed by atoms with Gasteiger partial charge in [-0.05, 0) is 30.4 Å². The van der Waals surface area contributed by atoms with Gasteiger partial charge in [-0.3, -0.25) is 4.79 Å². The Bertz CT molecular complexity index is 601. The topological polar surface area (TPSA) is 93.4 Å². The maximum Gasteiger partial charge on any atom is 0.317 e. The number of carbonyl (C=O) groups is 2. The molecule has 0 atom stereocenters. The number of rotatable bonds is 5. The molecule has 2 amide bonds. The van der Waals surface area contributed by atoms with Crippen LogP contribution in [0.25, 0.3) is 0 Å². The lowest BCUT2D eigenvalue weighted by molar-refractivity contribution is -0.136. The van der Waals surface area contributed by atoms with Crippen molar-refractivity contribution in [3.63, 3.8) is 0 Å². The Balaban J connectivity index is 1.81. The van der Waals surface area contributed by atoms with Crippen molar-refractivity contribution in [2.45, 2.75) is 32.2 Å². The number of carboxylic acids is 1. The minimum Gasteiger partial charge on any atom is -0.481 e. The molecule has 6 nitrogen and oxygen atoms in total.